The van der Waals surface area contributed by atoms with Crippen LogP contribution in [-0.2, 0) is 11.2 Å². The van der Waals surface area contributed by atoms with Crippen LogP contribution in [0.5, 0.6) is 0 Å². The molecule has 3 aromatic rings. The SMILES string of the molecule is COCCc1nnc2sc(-c3ccccc3Br)nn12. The lowest BCUT2D eigenvalue weighted by Crippen LogP contribution is -2.01. The number of nitrogens with zero attached hydrogens (tertiary/aromatic N) is 4. The Balaban J connectivity index is 2.03. The number of hydrogen-bond donors (Lipinski definition) is 0. The summed E-state index contributed by atoms with van der Waals surface area (Å²) in [6.45, 7) is 0.614. The van der Waals surface area contributed by atoms with Gasteiger partial charge < -0.3 is 4.74 Å². The van der Waals surface area contributed by atoms with Crippen molar-refractivity contribution < 1.29 is 4.74 Å². The minimum absolute atomic E-state index is 0.614. The van der Waals surface area contributed by atoms with Gasteiger partial charge in [0, 0.05) is 23.6 Å². The van der Waals surface area contributed by atoms with E-state index in [0.717, 1.165) is 25.8 Å². The van der Waals surface area contributed by atoms with Crippen LogP contribution in [0, 0.1) is 0 Å². The first kappa shape index (κ1) is 12.7. The molecule has 0 aliphatic carbocycles. The molecule has 0 fully saturated rings. The number of aromatic nitrogens is 4. The van der Waals surface area contributed by atoms with Crippen LogP contribution >= 0.6 is 27.3 Å². The van der Waals surface area contributed by atoms with Gasteiger partial charge in [0.05, 0.1) is 6.61 Å². The molecule has 0 aliphatic heterocycles. The van der Waals surface area contributed by atoms with Crippen LogP contribution in [0.2, 0.25) is 0 Å². The van der Waals surface area contributed by atoms with E-state index in [4.69, 9.17) is 4.74 Å². The van der Waals surface area contributed by atoms with Crippen LogP contribution < -0.4 is 0 Å². The standard InChI is InChI=1S/C12H11BrN4OS/c1-18-7-6-10-14-15-12-17(10)16-11(19-12)8-4-2-3-5-9(8)13/h2-5H,6-7H2,1H3. The summed E-state index contributed by atoms with van der Waals surface area (Å²) in [5.74, 6) is 0.825. The molecular formula is C12H11BrN4OS. The highest BCUT2D eigenvalue weighted by molar-refractivity contribution is 9.10. The summed E-state index contributed by atoms with van der Waals surface area (Å²) in [6.07, 6.45) is 0.705. The first-order chi connectivity index (χ1) is 9.29. The Bertz CT molecular complexity index is 709. The number of halogens is 1. The van der Waals surface area contributed by atoms with E-state index in [1.807, 2.05) is 24.3 Å². The summed E-state index contributed by atoms with van der Waals surface area (Å²) in [4.78, 5) is 0.803. The van der Waals surface area contributed by atoms with Crippen molar-refractivity contribution in [3.63, 3.8) is 0 Å². The van der Waals surface area contributed by atoms with Gasteiger partial charge in [-0.25, -0.2) is 0 Å². The summed E-state index contributed by atoms with van der Waals surface area (Å²) in [7, 11) is 1.67. The van der Waals surface area contributed by atoms with E-state index >= 15 is 0 Å². The highest BCUT2D eigenvalue weighted by Gasteiger charge is 2.14. The van der Waals surface area contributed by atoms with Gasteiger partial charge in [0.25, 0.3) is 0 Å². The molecule has 0 amide bonds. The first-order valence-electron chi connectivity index (χ1n) is 5.74. The van der Waals surface area contributed by atoms with Crippen molar-refractivity contribution in [3.8, 4) is 10.6 Å². The van der Waals surface area contributed by atoms with Gasteiger partial charge in [0.15, 0.2) is 5.82 Å². The van der Waals surface area contributed by atoms with E-state index in [9.17, 15) is 0 Å². The fourth-order valence-corrected chi connectivity index (χ4v) is 3.25. The van der Waals surface area contributed by atoms with E-state index in [0.29, 0.717) is 13.0 Å². The molecule has 1 aromatic carbocycles. The van der Waals surface area contributed by atoms with Crippen molar-refractivity contribution >= 4 is 32.2 Å². The summed E-state index contributed by atoms with van der Waals surface area (Å²) < 4.78 is 7.88. The van der Waals surface area contributed by atoms with E-state index in [2.05, 4.69) is 31.2 Å². The van der Waals surface area contributed by atoms with Crippen molar-refractivity contribution in [1.82, 2.24) is 19.8 Å². The molecule has 0 aliphatic rings. The van der Waals surface area contributed by atoms with Gasteiger partial charge in [-0.05, 0) is 6.07 Å². The quantitative estimate of drug-likeness (QED) is 0.733. The van der Waals surface area contributed by atoms with Crippen LogP contribution in [-0.4, -0.2) is 33.5 Å². The van der Waals surface area contributed by atoms with Crippen molar-refractivity contribution in [2.24, 2.45) is 0 Å². The Morgan fingerprint density at radius 3 is 2.95 bits per heavy atom. The number of fused-ring (bicyclic) bond motifs is 1. The number of hydrogen-bond acceptors (Lipinski definition) is 5. The van der Waals surface area contributed by atoms with Gasteiger partial charge in [-0.3, -0.25) is 0 Å². The topological polar surface area (TPSA) is 52.3 Å². The monoisotopic (exact) mass is 338 g/mol. The van der Waals surface area contributed by atoms with Crippen molar-refractivity contribution in [1.29, 1.82) is 0 Å². The lowest BCUT2D eigenvalue weighted by Gasteiger charge is -1.98. The molecular weight excluding hydrogens is 328 g/mol. The minimum atomic E-state index is 0.614. The zero-order chi connectivity index (χ0) is 13.2. The van der Waals surface area contributed by atoms with Gasteiger partial charge in [-0.15, -0.1) is 10.2 Å². The van der Waals surface area contributed by atoms with E-state index in [1.165, 1.54) is 11.3 Å². The fraction of sp³-hybridized carbons (Fsp3) is 0.250. The van der Waals surface area contributed by atoms with E-state index < -0.39 is 0 Å². The average Bonchev–Trinajstić information content (AvgIpc) is 2.97. The maximum absolute atomic E-state index is 5.06. The Morgan fingerprint density at radius 2 is 2.16 bits per heavy atom. The molecule has 0 saturated carbocycles. The normalized spacial score (nSPS) is 11.3. The molecule has 0 saturated heterocycles. The van der Waals surface area contributed by atoms with Gasteiger partial charge in [-0.2, -0.15) is 9.61 Å². The third kappa shape index (κ3) is 2.41. The van der Waals surface area contributed by atoms with Crippen molar-refractivity contribution in [2.75, 3.05) is 13.7 Å². The highest BCUT2D eigenvalue weighted by Crippen LogP contribution is 2.31. The van der Waals surface area contributed by atoms with Gasteiger partial charge >= 0.3 is 0 Å². The zero-order valence-corrected chi connectivity index (χ0v) is 12.6. The molecule has 7 heteroatoms. The van der Waals surface area contributed by atoms with Crippen LogP contribution in [0.15, 0.2) is 28.7 Å². The van der Waals surface area contributed by atoms with E-state index in [1.54, 1.807) is 11.6 Å². The lowest BCUT2D eigenvalue weighted by molar-refractivity contribution is 0.200. The minimum Gasteiger partial charge on any atom is -0.384 e. The predicted molar refractivity (Wildman–Crippen MR) is 77.4 cm³/mol. The average molecular weight is 339 g/mol. The number of ether oxygens (including phenoxy) is 1. The second-order valence-corrected chi connectivity index (χ2v) is 5.75. The second-order valence-electron chi connectivity index (χ2n) is 3.94. The summed E-state index contributed by atoms with van der Waals surface area (Å²) in [5.41, 5.74) is 1.07. The molecule has 3 rings (SSSR count). The molecule has 0 bridgehead atoms. The third-order valence-electron chi connectivity index (χ3n) is 2.69. The Kier molecular flexibility index (Phi) is 3.58. The third-order valence-corrected chi connectivity index (χ3v) is 4.31. The molecule has 2 aromatic heterocycles. The Labute approximate surface area is 122 Å². The predicted octanol–water partition coefficient (Wildman–Crippen LogP) is 2.80. The largest absolute Gasteiger partial charge is 0.384 e. The van der Waals surface area contributed by atoms with Gasteiger partial charge in [-0.1, -0.05) is 45.5 Å². The van der Waals surface area contributed by atoms with Gasteiger partial charge in [0.1, 0.15) is 5.01 Å². The van der Waals surface area contributed by atoms with Gasteiger partial charge in [0.2, 0.25) is 4.96 Å². The number of methoxy groups -OCH3 is 1. The molecule has 0 spiro atoms. The molecule has 2 heterocycles. The zero-order valence-electron chi connectivity index (χ0n) is 10.2. The molecule has 0 atom stereocenters. The van der Waals surface area contributed by atoms with Crippen LogP contribution in [0.25, 0.3) is 15.5 Å². The smallest absolute Gasteiger partial charge is 0.234 e. The summed E-state index contributed by atoms with van der Waals surface area (Å²) in [6, 6.07) is 8.01. The highest BCUT2D eigenvalue weighted by atomic mass is 79.9. The first-order valence-corrected chi connectivity index (χ1v) is 7.35. The van der Waals surface area contributed by atoms with E-state index in [-0.39, 0.29) is 0 Å². The molecule has 0 radical (unpaired) electrons. The maximum Gasteiger partial charge on any atom is 0.234 e. The molecule has 0 N–H and O–H groups in total. The molecule has 0 unspecified atom stereocenters. The lowest BCUT2D eigenvalue weighted by atomic mass is 10.2. The molecule has 19 heavy (non-hydrogen) atoms. The van der Waals surface area contributed by atoms with Crippen molar-refractivity contribution in [2.45, 2.75) is 6.42 Å². The summed E-state index contributed by atoms with van der Waals surface area (Å²) in [5, 5.41) is 13.8. The van der Waals surface area contributed by atoms with Crippen LogP contribution in [0.4, 0.5) is 0 Å². The molecule has 5 nitrogen and oxygen atoms in total. The van der Waals surface area contributed by atoms with Crippen LogP contribution in [0.3, 0.4) is 0 Å². The second kappa shape index (κ2) is 5.36. The molecule has 98 valence electrons. The Morgan fingerprint density at radius 1 is 1.32 bits per heavy atom. The number of benzene rings is 1. The fourth-order valence-electron chi connectivity index (χ4n) is 1.75. The maximum atomic E-state index is 5.06. The summed E-state index contributed by atoms with van der Waals surface area (Å²) >= 11 is 5.07. The van der Waals surface area contributed by atoms with Crippen LogP contribution in [0.1, 0.15) is 5.82 Å². The number of rotatable bonds is 4. The van der Waals surface area contributed by atoms with Crippen molar-refractivity contribution in [3.05, 3.63) is 34.6 Å². The Hall–Kier alpha value is -1.31.